The minimum Gasteiger partial charge on any atom is -0.385 e. The first-order chi connectivity index (χ1) is 7.24. The van der Waals surface area contributed by atoms with Gasteiger partial charge >= 0.3 is 0 Å². The van der Waals surface area contributed by atoms with Crippen molar-refractivity contribution in [3.05, 3.63) is 0 Å². The van der Waals surface area contributed by atoms with E-state index in [1.807, 2.05) is 6.92 Å². The van der Waals surface area contributed by atoms with Crippen LogP contribution in [0.2, 0.25) is 0 Å². The maximum atomic E-state index is 11.4. The maximum Gasteiger partial charge on any atom is 0.161 e. The van der Waals surface area contributed by atoms with Crippen LogP contribution >= 0.6 is 0 Å². The third-order valence-electron chi connectivity index (χ3n) is 2.91. The predicted octanol–water partition coefficient (Wildman–Crippen LogP) is 2.07. The number of hydrogen-bond donors (Lipinski definition) is 1. The quantitative estimate of drug-likeness (QED) is 0.705. The van der Waals surface area contributed by atoms with Crippen LogP contribution in [0.4, 0.5) is 0 Å². The fraction of sp³-hybridized carbons (Fsp3) is 0.917. The van der Waals surface area contributed by atoms with Gasteiger partial charge in [-0.2, -0.15) is 0 Å². The summed E-state index contributed by atoms with van der Waals surface area (Å²) in [5.74, 6) is -0.00477. The number of Topliss-reactive ketones (excluding diaryl/α,β-unsaturated/α-hetero) is 1. The second-order valence-electron chi connectivity index (χ2n) is 4.30. The van der Waals surface area contributed by atoms with Crippen LogP contribution in [0.15, 0.2) is 0 Å². The SMILES string of the molecule is CCCC(O)C(=O)CCCC1CCCO1. The van der Waals surface area contributed by atoms with E-state index in [9.17, 15) is 9.90 Å². The van der Waals surface area contributed by atoms with Crippen molar-refractivity contribution >= 4 is 5.78 Å². The number of aliphatic hydroxyl groups excluding tert-OH is 1. The van der Waals surface area contributed by atoms with E-state index in [0.717, 1.165) is 38.7 Å². The lowest BCUT2D eigenvalue weighted by Gasteiger charge is -2.10. The molecule has 3 nitrogen and oxygen atoms in total. The highest BCUT2D eigenvalue weighted by atomic mass is 16.5. The Kier molecular flexibility index (Phi) is 5.88. The molecule has 1 aliphatic heterocycles. The topological polar surface area (TPSA) is 46.5 Å². The van der Waals surface area contributed by atoms with Gasteiger partial charge in [0.2, 0.25) is 0 Å². The molecule has 1 heterocycles. The molecule has 1 fully saturated rings. The van der Waals surface area contributed by atoms with Gasteiger partial charge in [-0.15, -0.1) is 0 Å². The lowest BCUT2D eigenvalue weighted by atomic mass is 10.0. The summed E-state index contributed by atoms with van der Waals surface area (Å²) in [7, 11) is 0. The van der Waals surface area contributed by atoms with Gasteiger partial charge in [0.05, 0.1) is 6.10 Å². The molecular formula is C12H22O3. The van der Waals surface area contributed by atoms with Gasteiger partial charge in [0, 0.05) is 13.0 Å². The second kappa shape index (κ2) is 6.96. The largest absolute Gasteiger partial charge is 0.385 e. The van der Waals surface area contributed by atoms with Gasteiger partial charge in [0.15, 0.2) is 5.78 Å². The molecule has 15 heavy (non-hydrogen) atoms. The molecule has 1 rings (SSSR count). The molecule has 0 aromatic carbocycles. The highest BCUT2D eigenvalue weighted by Gasteiger charge is 2.17. The highest BCUT2D eigenvalue weighted by molar-refractivity contribution is 5.82. The zero-order valence-electron chi connectivity index (χ0n) is 9.58. The summed E-state index contributed by atoms with van der Waals surface area (Å²) < 4.78 is 5.47. The summed E-state index contributed by atoms with van der Waals surface area (Å²) in [6, 6.07) is 0. The lowest BCUT2D eigenvalue weighted by molar-refractivity contribution is -0.127. The summed E-state index contributed by atoms with van der Waals surface area (Å²) in [5, 5.41) is 9.43. The highest BCUT2D eigenvalue weighted by Crippen LogP contribution is 2.18. The molecule has 0 radical (unpaired) electrons. The van der Waals surface area contributed by atoms with Crippen molar-refractivity contribution in [1.82, 2.24) is 0 Å². The van der Waals surface area contributed by atoms with Gasteiger partial charge < -0.3 is 9.84 Å². The summed E-state index contributed by atoms with van der Waals surface area (Å²) in [4.78, 5) is 11.4. The molecule has 0 amide bonds. The minimum absolute atomic E-state index is 0.00477. The van der Waals surface area contributed by atoms with Gasteiger partial charge in [-0.1, -0.05) is 13.3 Å². The number of carbonyl (C=O) groups excluding carboxylic acids is 1. The van der Waals surface area contributed by atoms with Crippen molar-refractivity contribution < 1.29 is 14.6 Å². The van der Waals surface area contributed by atoms with Crippen LogP contribution in [-0.2, 0) is 9.53 Å². The Bertz CT molecular complexity index is 185. The molecule has 3 heteroatoms. The zero-order valence-corrected chi connectivity index (χ0v) is 9.58. The third-order valence-corrected chi connectivity index (χ3v) is 2.91. The Balaban J connectivity index is 2.05. The average Bonchev–Trinajstić information content (AvgIpc) is 2.71. The molecule has 0 aromatic rings. The number of rotatable bonds is 7. The maximum absolute atomic E-state index is 11.4. The number of hydrogen-bond acceptors (Lipinski definition) is 3. The Morgan fingerprint density at radius 1 is 1.60 bits per heavy atom. The van der Waals surface area contributed by atoms with Crippen molar-refractivity contribution in [3.63, 3.8) is 0 Å². The molecule has 0 spiro atoms. The number of ether oxygens (including phenoxy) is 1. The first-order valence-corrected chi connectivity index (χ1v) is 6.06. The number of ketones is 1. The first-order valence-electron chi connectivity index (χ1n) is 6.06. The summed E-state index contributed by atoms with van der Waals surface area (Å²) in [6.45, 7) is 2.85. The van der Waals surface area contributed by atoms with E-state index in [4.69, 9.17) is 4.74 Å². The normalized spacial score (nSPS) is 22.9. The van der Waals surface area contributed by atoms with Crippen LogP contribution in [0.25, 0.3) is 0 Å². The molecule has 0 aromatic heterocycles. The van der Waals surface area contributed by atoms with Gasteiger partial charge in [-0.25, -0.2) is 0 Å². The fourth-order valence-corrected chi connectivity index (χ4v) is 1.98. The number of aliphatic hydroxyl groups is 1. The van der Waals surface area contributed by atoms with E-state index in [2.05, 4.69) is 0 Å². The second-order valence-corrected chi connectivity index (χ2v) is 4.30. The average molecular weight is 214 g/mol. The first kappa shape index (κ1) is 12.7. The van der Waals surface area contributed by atoms with E-state index >= 15 is 0 Å². The van der Waals surface area contributed by atoms with Crippen molar-refractivity contribution in [3.8, 4) is 0 Å². The Morgan fingerprint density at radius 2 is 2.40 bits per heavy atom. The zero-order chi connectivity index (χ0) is 11.1. The lowest BCUT2D eigenvalue weighted by Crippen LogP contribution is -2.20. The number of carbonyl (C=O) groups is 1. The standard InChI is InChI=1S/C12H22O3/c1-2-5-11(13)12(14)8-3-6-10-7-4-9-15-10/h10-11,13H,2-9H2,1H3. The molecule has 1 aliphatic rings. The monoisotopic (exact) mass is 214 g/mol. The van der Waals surface area contributed by atoms with Crippen LogP contribution in [0, 0.1) is 0 Å². The summed E-state index contributed by atoms with van der Waals surface area (Å²) >= 11 is 0. The van der Waals surface area contributed by atoms with Gasteiger partial charge in [-0.05, 0) is 32.1 Å². The van der Waals surface area contributed by atoms with E-state index in [0.29, 0.717) is 18.9 Å². The molecule has 0 saturated carbocycles. The molecule has 1 saturated heterocycles. The Labute approximate surface area is 91.8 Å². The van der Waals surface area contributed by atoms with Gasteiger partial charge in [-0.3, -0.25) is 4.79 Å². The van der Waals surface area contributed by atoms with Crippen LogP contribution in [0.1, 0.15) is 51.9 Å². The Morgan fingerprint density at radius 3 is 3.00 bits per heavy atom. The van der Waals surface area contributed by atoms with Crippen LogP contribution in [0.5, 0.6) is 0 Å². The van der Waals surface area contributed by atoms with Crippen LogP contribution < -0.4 is 0 Å². The van der Waals surface area contributed by atoms with Crippen molar-refractivity contribution in [2.45, 2.75) is 64.1 Å². The van der Waals surface area contributed by atoms with E-state index in [1.54, 1.807) is 0 Å². The molecule has 2 atom stereocenters. The van der Waals surface area contributed by atoms with Crippen LogP contribution in [-0.4, -0.2) is 29.7 Å². The molecular weight excluding hydrogens is 192 g/mol. The van der Waals surface area contributed by atoms with E-state index in [-0.39, 0.29) is 5.78 Å². The van der Waals surface area contributed by atoms with Crippen molar-refractivity contribution in [2.24, 2.45) is 0 Å². The molecule has 0 aliphatic carbocycles. The fourth-order valence-electron chi connectivity index (χ4n) is 1.98. The predicted molar refractivity (Wildman–Crippen MR) is 58.7 cm³/mol. The van der Waals surface area contributed by atoms with Gasteiger partial charge in [0.25, 0.3) is 0 Å². The summed E-state index contributed by atoms with van der Waals surface area (Å²) in [6.07, 6.45) is 5.68. The third kappa shape index (κ3) is 4.76. The Hall–Kier alpha value is -0.410. The van der Waals surface area contributed by atoms with Crippen LogP contribution in [0.3, 0.4) is 0 Å². The summed E-state index contributed by atoms with van der Waals surface area (Å²) in [5.41, 5.74) is 0. The van der Waals surface area contributed by atoms with Crippen molar-refractivity contribution in [2.75, 3.05) is 6.61 Å². The molecule has 0 bridgehead atoms. The molecule has 88 valence electrons. The van der Waals surface area contributed by atoms with E-state index < -0.39 is 6.10 Å². The van der Waals surface area contributed by atoms with Gasteiger partial charge in [0.1, 0.15) is 6.10 Å². The molecule has 1 N–H and O–H groups in total. The smallest absolute Gasteiger partial charge is 0.161 e. The van der Waals surface area contributed by atoms with E-state index in [1.165, 1.54) is 0 Å². The van der Waals surface area contributed by atoms with Crippen molar-refractivity contribution in [1.29, 1.82) is 0 Å². The minimum atomic E-state index is -0.737. The molecule has 2 unspecified atom stereocenters.